The highest BCUT2D eigenvalue weighted by atomic mass is 35.5. The minimum absolute atomic E-state index is 0.219. The van der Waals surface area contributed by atoms with Crippen molar-refractivity contribution < 1.29 is 24.2 Å². The van der Waals surface area contributed by atoms with Crippen molar-refractivity contribution in [2.24, 2.45) is 0 Å². The summed E-state index contributed by atoms with van der Waals surface area (Å²) in [6, 6.07) is 3.25. The van der Waals surface area contributed by atoms with Gasteiger partial charge in [-0.1, -0.05) is 17.7 Å². The van der Waals surface area contributed by atoms with Gasteiger partial charge in [0.25, 0.3) is 5.91 Å². The van der Waals surface area contributed by atoms with Gasteiger partial charge < -0.3 is 15.2 Å². The Morgan fingerprint density at radius 2 is 2.05 bits per heavy atom. The van der Waals surface area contributed by atoms with E-state index in [-0.39, 0.29) is 5.56 Å². The monoisotopic (exact) mass is 299 g/mol. The highest BCUT2D eigenvalue weighted by Gasteiger charge is 2.24. The number of hydrogen-bond donors (Lipinski definition) is 2. The standard InChI is InChI=1S/C13H14ClNO5/c1-7-3-4-8(5-9(7)14)12(17)15-10(13(18)19)6-11(16)20-2/h3-5,10H,6H2,1-2H3,(H,15,17)(H,18,19)/t10-/m0/s1. The molecular formula is C13H14ClNO5. The summed E-state index contributed by atoms with van der Waals surface area (Å²) in [7, 11) is 1.14. The van der Waals surface area contributed by atoms with Gasteiger partial charge >= 0.3 is 11.9 Å². The number of esters is 1. The number of aliphatic carboxylic acids is 1. The molecule has 0 saturated carbocycles. The van der Waals surface area contributed by atoms with E-state index in [2.05, 4.69) is 10.1 Å². The number of carbonyl (C=O) groups is 3. The van der Waals surface area contributed by atoms with Crippen molar-refractivity contribution in [3.8, 4) is 0 Å². The molecule has 1 atom stereocenters. The van der Waals surface area contributed by atoms with Crippen LogP contribution in [0.2, 0.25) is 5.02 Å². The number of carboxylic acid groups (broad SMARTS) is 1. The molecule has 0 spiro atoms. The summed E-state index contributed by atoms with van der Waals surface area (Å²) in [6.07, 6.45) is -0.447. The molecule has 0 fully saturated rings. The topological polar surface area (TPSA) is 92.7 Å². The number of ether oxygens (including phenoxy) is 1. The van der Waals surface area contributed by atoms with E-state index < -0.39 is 30.3 Å². The lowest BCUT2D eigenvalue weighted by atomic mass is 10.1. The van der Waals surface area contributed by atoms with Crippen LogP contribution in [0.3, 0.4) is 0 Å². The minimum Gasteiger partial charge on any atom is -0.480 e. The van der Waals surface area contributed by atoms with Crippen LogP contribution in [0.1, 0.15) is 22.3 Å². The zero-order chi connectivity index (χ0) is 15.3. The number of rotatable bonds is 5. The van der Waals surface area contributed by atoms with Crippen LogP contribution in [-0.4, -0.2) is 36.1 Å². The quantitative estimate of drug-likeness (QED) is 0.802. The molecule has 0 unspecified atom stereocenters. The van der Waals surface area contributed by atoms with Gasteiger partial charge in [0.15, 0.2) is 0 Å². The number of amides is 1. The Morgan fingerprint density at radius 3 is 2.55 bits per heavy atom. The number of methoxy groups -OCH3 is 1. The lowest BCUT2D eigenvalue weighted by Crippen LogP contribution is -2.42. The molecule has 0 aliphatic heterocycles. The largest absolute Gasteiger partial charge is 0.480 e. The lowest BCUT2D eigenvalue weighted by Gasteiger charge is -2.13. The summed E-state index contributed by atoms with van der Waals surface area (Å²) in [6.45, 7) is 1.78. The van der Waals surface area contributed by atoms with E-state index in [9.17, 15) is 14.4 Å². The Bertz CT molecular complexity index is 544. The molecule has 7 heteroatoms. The van der Waals surface area contributed by atoms with E-state index in [1.807, 2.05) is 0 Å². The predicted molar refractivity (Wildman–Crippen MR) is 71.7 cm³/mol. The SMILES string of the molecule is COC(=O)C[C@H](NC(=O)c1ccc(C)c(Cl)c1)C(=O)O. The minimum atomic E-state index is -1.35. The van der Waals surface area contributed by atoms with Crippen LogP contribution in [0, 0.1) is 6.92 Å². The molecular weight excluding hydrogens is 286 g/mol. The van der Waals surface area contributed by atoms with Crippen LogP contribution in [-0.2, 0) is 14.3 Å². The fraction of sp³-hybridized carbons (Fsp3) is 0.308. The maximum atomic E-state index is 11.9. The van der Waals surface area contributed by atoms with E-state index in [0.29, 0.717) is 5.02 Å². The number of carboxylic acids is 1. The van der Waals surface area contributed by atoms with Gasteiger partial charge in [0, 0.05) is 10.6 Å². The van der Waals surface area contributed by atoms with E-state index in [0.717, 1.165) is 12.7 Å². The number of hydrogen-bond acceptors (Lipinski definition) is 4. The van der Waals surface area contributed by atoms with Crippen molar-refractivity contribution in [3.63, 3.8) is 0 Å². The molecule has 0 aliphatic rings. The second kappa shape index (κ2) is 6.91. The average molecular weight is 300 g/mol. The number of halogens is 1. The molecule has 108 valence electrons. The highest BCUT2D eigenvalue weighted by Crippen LogP contribution is 2.16. The number of nitrogens with one attached hydrogen (secondary N) is 1. The molecule has 0 aliphatic carbocycles. The van der Waals surface area contributed by atoms with E-state index in [1.54, 1.807) is 13.0 Å². The molecule has 1 amide bonds. The van der Waals surface area contributed by atoms with Crippen LogP contribution in [0.4, 0.5) is 0 Å². The third-order valence-electron chi connectivity index (χ3n) is 2.64. The Morgan fingerprint density at radius 1 is 1.40 bits per heavy atom. The second-order valence-corrected chi connectivity index (χ2v) is 4.52. The van der Waals surface area contributed by atoms with Crippen molar-refractivity contribution in [3.05, 3.63) is 34.3 Å². The summed E-state index contributed by atoms with van der Waals surface area (Å²) >= 11 is 5.89. The van der Waals surface area contributed by atoms with E-state index in [1.165, 1.54) is 12.1 Å². The molecule has 0 heterocycles. The first-order valence-corrected chi connectivity index (χ1v) is 6.09. The van der Waals surface area contributed by atoms with E-state index in [4.69, 9.17) is 16.7 Å². The fourth-order valence-electron chi connectivity index (χ4n) is 1.43. The van der Waals surface area contributed by atoms with Crippen LogP contribution < -0.4 is 5.32 Å². The first-order valence-electron chi connectivity index (χ1n) is 5.71. The number of benzene rings is 1. The van der Waals surface area contributed by atoms with Crippen LogP contribution in [0.25, 0.3) is 0 Å². The van der Waals surface area contributed by atoms with Crippen molar-refractivity contribution in [2.45, 2.75) is 19.4 Å². The third kappa shape index (κ3) is 4.24. The maximum absolute atomic E-state index is 11.9. The van der Waals surface area contributed by atoms with Gasteiger partial charge in [-0.3, -0.25) is 9.59 Å². The maximum Gasteiger partial charge on any atom is 0.326 e. The highest BCUT2D eigenvalue weighted by molar-refractivity contribution is 6.31. The Labute approximate surface area is 120 Å². The lowest BCUT2D eigenvalue weighted by molar-refractivity contribution is -0.147. The molecule has 1 rings (SSSR count). The van der Waals surface area contributed by atoms with E-state index >= 15 is 0 Å². The molecule has 6 nitrogen and oxygen atoms in total. The smallest absolute Gasteiger partial charge is 0.326 e. The molecule has 0 bridgehead atoms. The molecule has 1 aromatic rings. The van der Waals surface area contributed by atoms with Crippen molar-refractivity contribution >= 4 is 29.4 Å². The normalized spacial score (nSPS) is 11.6. The predicted octanol–water partition coefficient (Wildman–Crippen LogP) is 1.39. The summed E-state index contributed by atoms with van der Waals surface area (Å²) in [5, 5.41) is 11.6. The third-order valence-corrected chi connectivity index (χ3v) is 3.04. The summed E-state index contributed by atoms with van der Waals surface area (Å²) in [5.41, 5.74) is 1.02. The van der Waals surface area contributed by atoms with Crippen molar-refractivity contribution in [2.75, 3.05) is 7.11 Å². The zero-order valence-electron chi connectivity index (χ0n) is 11.0. The van der Waals surface area contributed by atoms with Crippen molar-refractivity contribution in [1.82, 2.24) is 5.32 Å². The summed E-state index contributed by atoms with van der Waals surface area (Å²) in [4.78, 5) is 34.0. The first-order chi connectivity index (χ1) is 9.35. The van der Waals surface area contributed by atoms with Gasteiger partial charge in [0.05, 0.1) is 13.5 Å². The second-order valence-electron chi connectivity index (χ2n) is 4.11. The fourth-order valence-corrected chi connectivity index (χ4v) is 1.61. The molecule has 0 saturated heterocycles. The number of aryl methyl sites for hydroxylation is 1. The zero-order valence-corrected chi connectivity index (χ0v) is 11.7. The number of carbonyl (C=O) groups excluding carboxylic acids is 2. The van der Waals surface area contributed by atoms with Gasteiger partial charge in [-0.05, 0) is 24.6 Å². The van der Waals surface area contributed by atoms with Gasteiger partial charge in [0.1, 0.15) is 6.04 Å². The molecule has 0 radical (unpaired) electrons. The van der Waals surface area contributed by atoms with Crippen LogP contribution in [0.5, 0.6) is 0 Å². The first kappa shape index (κ1) is 16.0. The Hall–Kier alpha value is -2.08. The molecule has 2 N–H and O–H groups in total. The van der Waals surface area contributed by atoms with Gasteiger partial charge in [-0.2, -0.15) is 0 Å². The Kier molecular flexibility index (Phi) is 5.52. The molecule has 0 aromatic heterocycles. The summed E-state index contributed by atoms with van der Waals surface area (Å²) in [5.74, 6) is -2.66. The van der Waals surface area contributed by atoms with Crippen LogP contribution >= 0.6 is 11.6 Å². The average Bonchev–Trinajstić information content (AvgIpc) is 2.40. The molecule has 20 heavy (non-hydrogen) atoms. The van der Waals surface area contributed by atoms with Crippen LogP contribution in [0.15, 0.2) is 18.2 Å². The van der Waals surface area contributed by atoms with Gasteiger partial charge in [-0.25, -0.2) is 4.79 Å². The van der Waals surface area contributed by atoms with Crippen molar-refractivity contribution in [1.29, 1.82) is 0 Å². The van der Waals surface area contributed by atoms with Gasteiger partial charge in [0.2, 0.25) is 0 Å². The molecule has 1 aromatic carbocycles. The summed E-state index contributed by atoms with van der Waals surface area (Å²) < 4.78 is 4.38. The van der Waals surface area contributed by atoms with Gasteiger partial charge in [-0.15, -0.1) is 0 Å². The Balaban J connectivity index is 2.82.